The maximum absolute atomic E-state index is 12.2. The van der Waals surface area contributed by atoms with Crippen molar-refractivity contribution in [3.63, 3.8) is 0 Å². The van der Waals surface area contributed by atoms with Gasteiger partial charge >= 0.3 is 5.97 Å². The lowest BCUT2D eigenvalue weighted by Gasteiger charge is -2.30. The molecule has 21 heavy (non-hydrogen) atoms. The first kappa shape index (κ1) is 18.0. The average Bonchev–Trinajstić information content (AvgIpc) is 2.68. The molecule has 1 atom stereocenters. The first-order valence-corrected chi connectivity index (χ1v) is 8.28. The molecule has 0 aliphatic carbocycles. The van der Waals surface area contributed by atoms with E-state index in [0.717, 1.165) is 17.2 Å². The smallest absolute Gasteiger partial charge is 0.326 e. The van der Waals surface area contributed by atoms with Gasteiger partial charge in [0.25, 0.3) is 5.22 Å². The third kappa shape index (κ3) is 5.36. The van der Waals surface area contributed by atoms with Crippen LogP contribution in [0.5, 0.6) is 0 Å². The number of aryl methyl sites for hydroxylation is 2. The molecule has 1 heterocycles. The van der Waals surface area contributed by atoms with Crippen LogP contribution in [-0.4, -0.2) is 34.9 Å². The normalized spacial score (nSPS) is 14.2. The molecule has 0 saturated heterocycles. The van der Waals surface area contributed by atoms with Crippen LogP contribution in [0.4, 0.5) is 0 Å². The van der Waals surface area contributed by atoms with Crippen LogP contribution < -0.4 is 5.32 Å². The number of esters is 1. The second kappa shape index (κ2) is 7.84. The van der Waals surface area contributed by atoms with Gasteiger partial charge in [-0.25, -0.2) is 4.98 Å². The van der Waals surface area contributed by atoms with E-state index >= 15 is 0 Å². The molecule has 1 aromatic heterocycles. The summed E-state index contributed by atoms with van der Waals surface area (Å²) in [6, 6.07) is 0.204. The fraction of sp³-hybridized carbons (Fsp3) is 0.733. The largest absolute Gasteiger partial charge is 0.465 e. The van der Waals surface area contributed by atoms with Crippen molar-refractivity contribution in [2.24, 2.45) is 0 Å². The number of rotatable bonds is 8. The molecule has 1 aromatic rings. The number of hydrogen-bond donors (Lipinski definition) is 1. The highest BCUT2D eigenvalue weighted by molar-refractivity contribution is 7.99. The van der Waals surface area contributed by atoms with E-state index in [1.807, 2.05) is 41.5 Å². The minimum Gasteiger partial charge on any atom is -0.465 e. The molecule has 0 bridgehead atoms. The Balaban J connectivity index is 2.62. The van der Waals surface area contributed by atoms with Crippen molar-refractivity contribution in [3.05, 3.63) is 11.5 Å². The van der Waals surface area contributed by atoms with Gasteiger partial charge in [0, 0.05) is 11.8 Å². The SMILES string of the molecule is CCOC(=O)C(C)(CCSc1nc(C)c(C)o1)NC(C)C. The zero-order valence-corrected chi connectivity index (χ0v) is 14.6. The number of thioether (sulfide) groups is 1. The lowest BCUT2D eigenvalue weighted by molar-refractivity contribution is -0.150. The summed E-state index contributed by atoms with van der Waals surface area (Å²) < 4.78 is 10.7. The van der Waals surface area contributed by atoms with Crippen molar-refractivity contribution in [3.8, 4) is 0 Å². The maximum atomic E-state index is 12.2. The quantitative estimate of drug-likeness (QED) is 0.587. The van der Waals surface area contributed by atoms with E-state index in [1.54, 1.807) is 0 Å². The first-order valence-electron chi connectivity index (χ1n) is 7.30. The van der Waals surface area contributed by atoms with Gasteiger partial charge in [0.2, 0.25) is 0 Å². The summed E-state index contributed by atoms with van der Waals surface area (Å²) in [4.78, 5) is 16.5. The van der Waals surface area contributed by atoms with Crippen LogP contribution in [0.25, 0.3) is 0 Å². The van der Waals surface area contributed by atoms with Crippen LogP contribution in [0.1, 0.15) is 45.6 Å². The Morgan fingerprint density at radius 2 is 2.14 bits per heavy atom. The van der Waals surface area contributed by atoms with E-state index in [0.29, 0.717) is 18.3 Å². The Labute approximate surface area is 131 Å². The van der Waals surface area contributed by atoms with Crippen molar-refractivity contribution in [1.82, 2.24) is 10.3 Å². The molecule has 1 N–H and O–H groups in total. The molecule has 0 aliphatic heterocycles. The van der Waals surface area contributed by atoms with Crippen molar-refractivity contribution in [1.29, 1.82) is 0 Å². The number of oxazole rings is 1. The summed E-state index contributed by atoms with van der Waals surface area (Å²) in [5, 5.41) is 3.96. The fourth-order valence-corrected chi connectivity index (χ4v) is 3.08. The van der Waals surface area contributed by atoms with Gasteiger partial charge in [-0.3, -0.25) is 10.1 Å². The van der Waals surface area contributed by atoms with Gasteiger partial charge in [-0.05, 0) is 48.0 Å². The van der Waals surface area contributed by atoms with E-state index < -0.39 is 5.54 Å². The van der Waals surface area contributed by atoms with Crippen LogP contribution >= 0.6 is 11.8 Å². The van der Waals surface area contributed by atoms with Crippen LogP contribution in [-0.2, 0) is 9.53 Å². The number of hydrogen-bond acceptors (Lipinski definition) is 6. The van der Waals surface area contributed by atoms with Crippen LogP contribution in [0.15, 0.2) is 9.64 Å². The second-order valence-corrected chi connectivity index (χ2v) is 6.62. The number of nitrogens with one attached hydrogen (secondary N) is 1. The number of carbonyl (C=O) groups excluding carboxylic acids is 1. The number of nitrogens with zero attached hydrogens (tertiary/aromatic N) is 1. The van der Waals surface area contributed by atoms with Gasteiger partial charge in [-0.1, -0.05) is 11.8 Å². The standard InChI is InChI=1S/C15H26N2O3S/c1-7-19-13(18)15(6,17-10(2)3)8-9-21-14-16-11(4)12(5)20-14/h10,17H,7-9H2,1-6H3. The molecule has 0 amide bonds. The predicted molar refractivity (Wildman–Crippen MR) is 84.6 cm³/mol. The molecule has 0 spiro atoms. The molecule has 0 aromatic carbocycles. The van der Waals surface area contributed by atoms with Crippen molar-refractivity contribution < 1.29 is 13.9 Å². The van der Waals surface area contributed by atoms with Crippen LogP contribution in [0.3, 0.4) is 0 Å². The van der Waals surface area contributed by atoms with Gasteiger partial charge in [-0.2, -0.15) is 0 Å². The van der Waals surface area contributed by atoms with E-state index in [1.165, 1.54) is 11.8 Å². The van der Waals surface area contributed by atoms with Crippen molar-refractivity contribution in [2.45, 2.75) is 64.8 Å². The Hall–Kier alpha value is -1.01. The summed E-state index contributed by atoms with van der Waals surface area (Å²) in [5.74, 6) is 1.36. The number of carbonyl (C=O) groups is 1. The van der Waals surface area contributed by atoms with Crippen LogP contribution in [0, 0.1) is 13.8 Å². The molecule has 0 aliphatic rings. The summed E-state index contributed by atoms with van der Waals surface area (Å²) >= 11 is 1.52. The van der Waals surface area contributed by atoms with Gasteiger partial charge in [0.1, 0.15) is 11.3 Å². The lowest BCUT2D eigenvalue weighted by Crippen LogP contribution is -2.53. The van der Waals surface area contributed by atoms with Crippen molar-refractivity contribution >= 4 is 17.7 Å². The van der Waals surface area contributed by atoms with Gasteiger partial charge in [0.05, 0.1) is 12.3 Å². The lowest BCUT2D eigenvalue weighted by atomic mass is 9.98. The van der Waals surface area contributed by atoms with E-state index in [4.69, 9.17) is 9.15 Å². The Kier molecular flexibility index (Phi) is 6.74. The molecule has 6 heteroatoms. The molecule has 1 unspecified atom stereocenters. The van der Waals surface area contributed by atoms with Crippen LogP contribution in [0.2, 0.25) is 0 Å². The monoisotopic (exact) mass is 314 g/mol. The zero-order valence-electron chi connectivity index (χ0n) is 13.8. The third-order valence-electron chi connectivity index (χ3n) is 3.17. The molecule has 0 fully saturated rings. The molecule has 5 nitrogen and oxygen atoms in total. The minimum atomic E-state index is -0.687. The second-order valence-electron chi connectivity index (χ2n) is 5.57. The third-order valence-corrected chi connectivity index (χ3v) is 4.00. The fourth-order valence-electron chi connectivity index (χ4n) is 2.01. The first-order chi connectivity index (χ1) is 9.78. The Morgan fingerprint density at radius 3 is 2.62 bits per heavy atom. The summed E-state index contributed by atoms with van der Waals surface area (Å²) in [6.45, 7) is 12.0. The Morgan fingerprint density at radius 1 is 1.48 bits per heavy atom. The zero-order chi connectivity index (χ0) is 16.0. The average molecular weight is 314 g/mol. The molecular formula is C15H26N2O3S. The van der Waals surface area contributed by atoms with Gasteiger partial charge in [-0.15, -0.1) is 0 Å². The van der Waals surface area contributed by atoms with Crippen molar-refractivity contribution in [2.75, 3.05) is 12.4 Å². The Bertz CT molecular complexity index is 454. The molecule has 120 valence electrons. The highest BCUT2D eigenvalue weighted by Gasteiger charge is 2.34. The molecular weight excluding hydrogens is 288 g/mol. The van der Waals surface area contributed by atoms with E-state index in [9.17, 15) is 4.79 Å². The summed E-state index contributed by atoms with van der Waals surface area (Å²) in [7, 11) is 0. The van der Waals surface area contributed by atoms with E-state index in [2.05, 4.69) is 10.3 Å². The molecule has 0 radical (unpaired) electrons. The molecule has 1 rings (SSSR count). The minimum absolute atomic E-state index is 0.204. The van der Waals surface area contributed by atoms with E-state index in [-0.39, 0.29) is 12.0 Å². The molecule has 0 saturated carbocycles. The predicted octanol–water partition coefficient (Wildman–Crippen LogP) is 3.09. The summed E-state index contributed by atoms with van der Waals surface area (Å²) in [5.41, 5.74) is 0.222. The number of ether oxygens (including phenoxy) is 1. The topological polar surface area (TPSA) is 64.4 Å². The summed E-state index contributed by atoms with van der Waals surface area (Å²) in [6.07, 6.45) is 0.648. The highest BCUT2D eigenvalue weighted by Crippen LogP contribution is 2.24. The van der Waals surface area contributed by atoms with Gasteiger partial charge < -0.3 is 9.15 Å². The number of aromatic nitrogens is 1. The maximum Gasteiger partial charge on any atom is 0.326 e. The highest BCUT2D eigenvalue weighted by atomic mass is 32.2. The van der Waals surface area contributed by atoms with Gasteiger partial charge in [0.15, 0.2) is 0 Å².